The van der Waals surface area contributed by atoms with Gasteiger partial charge in [-0.3, -0.25) is 0 Å². The maximum Gasteiger partial charge on any atom is 0.178 e. The van der Waals surface area contributed by atoms with Crippen LogP contribution in [-0.2, 0) is 0 Å². The van der Waals surface area contributed by atoms with Gasteiger partial charge in [-0.25, -0.2) is 14.6 Å². The van der Waals surface area contributed by atoms with Crippen LogP contribution in [0.4, 0.5) is 5.69 Å². The molecule has 1 unspecified atom stereocenters. The first-order valence-electron chi connectivity index (χ1n) is 6.91. The molecule has 2 aromatic rings. The molecule has 19 heavy (non-hydrogen) atoms. The molecule has 2 heterocycles. The lowest BCUT2D eigenvalue weighted by Crippen LogP contribution is -2.24. The number of nitrogens with one attached hydrogen (secondary N) is 1. The summed E-state index contributed by atoms with van der Waals surface area (Å²) in [5.41, 5.74) is 1.02. The molecule has 1 fully saturated rings. The third-order valence-electron chi connectivity index (χ3n) is 3.91. The van der Waals surface area contributed by atoms with E-state index in [0.29, 0.717) is 6.04 Å². The van der Waals surface area contributed by atoms with Crippen LogP contribution in [-0.4, -0.2) is 25.8 Å². The molecule has 0 bridgehead atoms. The fraction of sp³-hybridized carbons (Fsp3) is 0.500. The smallest absolute Gasteiger partial charge is 0.178 e. The SMILES string of the molecule is CC(Nc1cccnc1-n1cncn1)C1CCCC1. The Labute approximate surface area is 113 Å². The summed E-state index contributed by atoms with van der Waals surface area (Å²) in [6.45, 7) is 2.26. The minimum atomic E-state index is 0.467. The molecule has 0 saturated heterocycles. The van der Waals surface area contributed by atoms with Crippen molar-refractivity contribution >= 4 is 5.69 Å². The van der Waals surface area contributed by atoms with Crippen LogP contribution in [0.5, 0.6) is 0 Å². The third kappa shape index (κ3) is 2.59. The first kappa shape index (κ1) is 12.1. The highest BCUT2D eigenvalue weighted by molar-refractivity contribution is 5.56. The molecule has 2 aromatic heterocycles. The van der Waals surface area contributed by atoms with Crippen LogP contribution in [0, 0.1) is 5.92 Å². The van der Waals surface area contributed by atoms with Gasteiger partial charge in [0.2, 0.25) is 0 Å². The Bertz CT molecular complexity index is 516. The summed E-state index contributed by atoms with van der Waals surface area (Å²) >= 11 is 0. The molecular weight excluding hydrogens is 238 g/mol. The van der Waals surface area contributed by atoms with Crippen LogP contribution in [0.15, 0.2) is 31.0 Å². The van der Waals surface area contributed by atoms with Crippen LogP contribution < -0.4 is 5.32 Å². The zero-order valence-electron chi connectivity index (χ0n) is 11.2. The maximum absolute atomic E-state index is 4.40. The van der Waals surface area contributed by atoms with Crippen molar-refractivity contribution in [2.45, 2.75) is 38.6 Å². The van der Waals surface area contributed by atoms with Gasteiger partial charge in [0.1, 0.15) is 12.7 Å². The average Bonchev–Trinajstić information content (AvgIpc) is 3.13. The molecule has 0 aromatic carbocycles. The topological polar surface area (TPSA) is 55.6 Å². The van der Waals surface area contributed by atoms with Crippen molar-refractivity contribution in [3.63, 3.8) is 0 Å². The van der Waals surface area contributed by atoms with E-state index in [0.717, 1.165) is 17.4 Å². The second kappa shape index (κ2) is 5.38. The van der Waals surface area contributed by atoms with Gasteiger partial charge in [0.15, 0.2) is 5.82 Å². The van der Waals surface area contributed by atoms with Gasteiger partial charge in [0.25, 0.3) is 0 Å². The highest BCUT2D eigenvalue weighted by atomic mass is 15.3. The molecule has 1 aliphatic carbocycles. The van der Waals surface area contributed by atoms with Gasteiger partial charge < -0.3 is 5.32 Å². The van der Waals surface area contributed by atoms with Crippen molar-refractivity contribution < 1.29 is 0 Å². The molecule has 5 nitrogen and oxygen atoms in total. The quantitative estimate of drug-likeness (QED) is 0.915. The number of hydrogen-bond donors (Lipinski definition) is 1. The molecule has 0 spiro atoms. The Morgan fingerprint density at radius 2 is 2.21 bits per heavy atom. The highest BCUT2D eigenvalue weighted by Crippen LogP contribution is 2.30. The van der Waals surface area contributed by atoms with Crippen LogP contribution in [0.2, 0.25) is 0 Å². The van der Waals surface area contributed by atoms with E-state index in [4.69, 9.17) is 0 Å². The first-order chi connectivity index (χ1) is 9.34. The van der Waals surface area contributed by atoms with Gasteiger partial charge in [0.05, 0.1) is 5.69 Å². The van der Waals surface area contributed by atoms with E-state index in [1.165, 1.54) is 32.0 Å². The van der Waals surface area contributed by atoms with Crippen molar-refractivity contribution in [3.8, 4) is 5.82 Å². The zero-order valence-corrected chi connectivity index (χ0v) is 11.2. The van der Waals surface area contributed by atoms with E-state index < -0.39 is 0 Å². The van der Waals surface area contributed by atoms with Crippen molar-refractivity contribution in [2.24, 2.45) is 5.92 Å². The van der Waals surface area contributed by atoms with E-state index >= 15 is 0 Å². The lowest BCUT2D eigenvalue weighted by molar-refractivity contribution is 0.482. The molecule has 0 aliphatic heterocycles. The molecule has 5 heteroatoms. The summed E-state index contributed by atoms with van der Waals surface area (Å²) in [7, 11) is 0. The standard InChI is InChI=1S/C14H19N5/c1-11(12-5-2-3-6-12)18-13-7-4-8-16-14(13)19-10-15-9-17-19/h4,7-12,18H,2-3,5-6H2,1H3. The van der Waals surface area contributed by atoms with E-state index in [1.54, 1.807) is 17.2 Å². The molecule has 100 valence electrons. The summed E-state index contributed by atoms with van der Waals surface area (Å²) in [5.74, 6) is 1.58. The molecule has 1 aliphatic rings. The summed E-state index contributed by atoms with van der Waals surface area (Å²) in [5, 5.41) is 7.74. The lowest BCUT2D eigenvalue weighted by Gasteiger charge is -2.22. The Morgan fingerprint density at radius 3 is 2.95 bits per heavy atom. The molecule has 1 N–H and O–H groups in total. The normalized spacial score (nSPS) is 17.5. The van der Waals surface area contributed by atoms with Crippen molar-refractivity contribution in [1.82, 2.24) is 19.7 Å². The summed E-state index contributed by atoms with van der Waals surface area (Å²) < 4.78 is 1.70. The van der Waals surface area contributed by atoms with Crippen molar-refractivity contribution in [2.75, 3.05) is 5.32 Å². The van der Waals surface area contributed by atoms with E-state index in [1.807, 2.05) is 6.07 Å². The van der Waals surface area contributed by atoms with E-state index in [2.05, 4.69) is 33.4 Å². The largest absolute Gasteiger partial charge is 0.379 e. The molecular formula is C14H19N5. The van der Waals surface area contributed by atoms with Gasteiger partial charge in [-0.2, -0.15) is 5.10 Å². The monoisotopic (exact) mass is 257 g/mol. The first-order valence-corrected chi connectivity index (χ1v) is 6.91. The van der Waals surface area contributed by atoms with Gasteiger partial charge in [-0.1, -0.05) is 12.8 Å². The summed E-state index contributed by atoms with van der Waals surface area (Å²) in [4.78, 5) is 8.38. The number of anilines is 1. The number of aromatic nitrogens is 4. The Morgan fingerprint density at radius 1 is 1.37 bits per heavy atom. The number of rotatable bonds is 4. The lowest BCUT2D eigenvalue weighted by atomic mass is 9.99. The Balaban J connectivity index is 1.80. The second-order valence-electron chi connectivity index (χ2n) is 5.19. The summed E-state index contributed by atoms with van der Waals surface area (Å²) in [6, 6.07) is 4.47. The van der Waals surface area contributed by atoms with Gasteiger partial charge in [0, 0.05) is 12.2 Å². The molecule has 0 radical (unpaired) electrons. The third-order valence-corrected chi connectivity index (χ3v) is 3.91. The highest BCUT2D eigenvalue weighted by Gasteiger charge is 2.22. The molecule has 1 saturated carbocycles. The van der Waals surface area contributed by atoms with Crippen molar-refractivity contribution in [1.29, 1.82) is 0 Å². The van der Waals surface area contributed by atoms with Crippen LogP contribution in [0.3, 0.4) is 0 Å². The van der Waals surface area contributed by atoms with Crippen molar-refractivity contribution in [3.05, 3.63) is 31.0 Å². The van der Waals surface area contributed by atoms with Crippen LogP contribution in [0.25, 0.3) is 5.82 Å². The van der Waals surface area contributed by atoms with Gasteiger partial charge >= 0.3 is 0 Å². The van der Waals surface area contributed by atoms with Crippen LogP contribution in [0.1, 0.15) is 32.6 Å². The van der Waals surface area contributed by atoms with Gasteiger partial charge in [-0.05, 0) is 37.8 Å². The predicted molar refractivity (Wildman–Crippen MR) is 74.2 cm³/mol. The number of hydrogen-bond acceptors (Lipinski definition) is 4. The Kier molecular flexibility index (Phi) is 3.44. The fourth-order valence-electron chi connectivity index (χ4n) is 2.83. The zero-order chi connectivity index (χ0) is 13.1. The number of pyridine rings is 1. The minimum Gasteiger partial charge on any atom is -0.379 e. The number of nitrogens with zero attached hydrogens (tertiary/aromatic N) is 4. The molecule has 0 amide bonds. The average molecular weight is 257 g/mol. The maximum atomic E-state index is 4.40. The van der Waals surface area contributed by atoms with E-state index in [9.17, 15) is 0 Å². The van der Waals surface area contributed by atoms with Crippen LogP contribution >= 0.6 is 0 Å². The predicted octanol–water partition coefficient (Wildman–Crippen LogP) is 2.65. The molecule has 3 rings (SSSR count). The van der Waals surface area contributed by atoms with Gasteiger partial charge in [-0.15, -0.1) is 0 Å². The van der Waals surface area contributed by atoms with E-state index in [-0.39, 0.29) is 0 Å². The fourth-order valence-corrected chi connectivity index (χ4v) is 2.83. The Hall–Kier alpha value is -1.91. The second-order valence-corrected chi connectivity index (χ2v) is 5.19. The summed E-state index contributed by atoms with van der Waals surface area (Å²) in [6.07, 6.45) is 10.4. The minimum absolute atomic E-state index is 0.467. The molecule has 1 atom stereocenters.